The zero-order valence-electron chi connectivity index (χ0n) is 18.4. The lowest BCUT2D eigenvalue weighted by atomic mass is 9.99. The van der Waals surface area contributed by atoms with Gasteiger partial charge in [0.05, 0.1) is 25.4 Å². The fraction of sp³-hybridized carbons (Fsp3) is 0.417. The van der Waals surface area contributed by atoms with Crippen LogP contribution in [-0.4, -0.2) is 72.6 Å². The van der Waals surface area contributed by atoms with Crippen LogP contribution in [0.4, 0.5) is 0 Å². The molecule has 3 heterocycles. The molecule has 0 spiro atoms. The van der Waals surface area contributed by atoms with Gasteiger partial charge in [-0.1, -0.05) is 12.1 Å². The second-order valence-electron chi connectivity index (χ2n) is 7.86. The molecule has 0 bridgehead atoms. The predicted octanol–water partition coefficient (Wildman–Crippen LogP) is 2.74. The third kappa shape index (κ3) is 4.42. The Morgan fingerprint density at radius 2 is 1.94 bits per heavy atom. The van der Waals surface area contributed by atoms with E-state index in [0.717, 1.165) is 13.1 Å². The highest BCUT2D eigenvalue weighted by Gasteiger charge is 2.47. The van der Waals surface area contributed by atoms with Gasteiger partial charge in [-0.2, -0.15) is 0 Å². The Labute approximate surface area is 187 Å². The highest BCUT2D eigenvalue weighted by molar-refractivity contribution is 6.46. The van der Waals surface area contributed by atoms with Crippen LogP contribution in [0, 0.1) is 6.92 Å². The number of rotatable bonds is 7. The smallest absolute Gasteiger partial charge is 0.295 e. The van der Waals surface area contributed by atoms with Gasteiger partial charge in [-0.15, -0.1) is 0 Å². The number of carbonyl (C=O) groups is 2. The molecule has 2 aliphatic heterocycles. The molecular weight excluding hydrogens is 412 g/mol. The summed E-state index contributed by atoms with van der Waals surface area (Å²) in [5.74, 6) is 0.0924. The van der Waals surface area contributed by atoms with Crippen LogP contribution >= 0.6 is 0 Å². The lowest BCUT2D eigenvalue weighted by Crippen LogP contribution is -2.42. The number of ketones is 1. The van der Waals surface area contributed by atoms with Gasteiger partial charge >= 0.3 is 0 Å². The van der Waals surface area contributed by atoms with E-state index in [2.05, 4.69) is 4.90 Å². The van der Waals surface area contributed by atoms with E-state index in [-0.39, 0.29) is 11.3 Å². The Hall–Kier alpha value is -3.10. The number of nitrogens with zero attached hydrogens (tertiary/aromatic N) is 2. The zero-order chi connectivity index (χ0) is 22.7. The van der Waals surface area contributed by atoms with E-state index in [9.17, 15) is 14.7 Å². The average Bonchev–Trinajstić information content (AvgIpc) is 3.34. The molecule has 170 valence electrons. The van der Waals surface area contributed by atoms with E-state index in [1.165, 1.54) is 4.90 Å². The summed E-state index contributed by atoms with van der Waals surface area (Å²) < 4.78 is 16.7. The molecular formula is C24H28N2O6. The Kier molecular flexibility index (Phi) is 6.62. The molecule has 1 atom stereocenters. The number of amides is 1. The Bertz CT molecular complexity index is 1020. The second-order valence-corrected chi connectivity index (χ2v) is 7.86. The number of hydrogen-bond acceptors (Lipinski definition) is 7. The maximum atomic E-state index is 13.1. The van der Waals surface area contributed by atoms with Crippen LogP contribution in [0.1, 0.15) is 30.0 Å². The van der Waals surface area contributed by atoms with Gasteiger partial charge in [0.2, 0.25) is 0 Å². The molecule has 2 aliphatic rings. The van der Waals surface area contributed by atoms with Crippen molar-refractivity contribution in [3.63, 3.8) is 0 Å². The number of Topliss-reactive ketones (excluding diaryl/α,β-unsaturated/α-hetero) is 1. The standard InChI is InChI=1S/C24H28N2O6/c1-3-31-18-6-4-5-17(15-18)22(27)20-21(19-8-7-16(2)32-19)26(24(29)23(20)28)10-9-25-11-13-30-14-12-25/h4-8,15,21,27H,3,9-14H2,1-2H3/t21-/m1/s1. The van der Waals surface area contributed by atoms with E-state index in [1.54, 1.807) is 43.3 Å². The van der Waals surface area contributed by atoms with Crippen molar-refractivity contribution in [3.8, 4) is 5.75 Å². The highest BCUT2D eigenvalue weighted by atomic mass is 16.5. The van der Waals surface area contributed by atoms with Crippen LogP contribution in [-0.2, 0) is 14.3 Å². The molecule has 1 N–H and O–H groups in total. The maximum absolute atomic E-state index is 13.1. The van der Waals surface area contributed by atoms with E-state index in [1.807, 2.05) is 6.92 Å². The van der Waals surface area contributed by atoms with Crippen molar-refractivity contribution in [2.75, 3.05) is 46.0 Å². The molecule has 0 radical (unpaired) electrons. The van der Waals surface area contributed by atoms with E-state index >= 15 is 0 Å². The maximum Gasteiger partial charge on any atom is 0.295 e. The van der Waals surface area contributed by atoms with Crippen molar-refractivity contribution >= 4 is 17.4 Å². The third-order valence-electron chi connectivity index (χ3n) is 5.75. The topological polar surface area (TPSA) is 92.5 Å². The quantitative estimate of drug-likeness (QED) is 0.402. The molecule has 0 unspecified atom stereocenters. The first-order valence-corrected chi connectivity index (χ1v) is 10.9. The Morgan fingerprint density at radius 3 is 2.62 bits per heavy atom. The molecule has 1 aromatic carbocycles. The number of aryl methyl sites for hydroxylation is 1. The minimum Gasteiger partial charge on any atom is -0.507 e. The van der Waals surface area contributed by atoms with Gasteiger partial charge < -0.3 is 23.9 Å². The SMILES string of the molecule is CCOc1cccc(C(O)=C2C(=O)C(=O)N(CCN3CCOCC3)[C@@H]2c2ccc(C)o2)c1. The molecule has 8 heteroatoms. The largest absolute Gasteiger partial charge is 0.507 e. The second kappa shape index (κ2) is 9.58. The van der Waals surface area contributed by atoms with Gasteiger partial charge in [-0.25, -0.2) is 0 Å². The number of morpholine rings is 1. The van der Waals surface area contributed by atoms with Gasteiger partial charge in [-0.05, 0) is 38.1 Å². The number of aliphatic hydroxyl groups is 1. The fourth-order valence-corrected chi connectivity index (χ4v) is 4.14. The summed E-state index contributed by atoms with van der Waals surface area (Å²) in [5, 5.41) is 11.1. The molecule has 1 aromatic heterocycles. The predicted molar refractivity (Wildman–Crippen MR) is 117 cm³/mol. The minimum atomic E-state index is -0.791. The molecule has 8 nitrogen and oxygen atoms in total. The Balaban J connectivity index is 1.71. The molecule has 2 fully saturated rings. The first-order valence-electron chi connectivity index (χ1n) is 10.9. The Morgan fingerprint density at radius 1 is 1.16 bits per heavy atom. The van der Waals surface area contributed by atoms with Gasteiger partial charge in [0, 0.05) is 31.7 Å². The van der Waals surface area contributed by atoms with Crippen molar-refractivity contribution in [2.24, 2.45) is 0 Å². The molecule has 2 aromatic rings. The lowest BCUT2D eigenvalue weighted by Gasteiger charge is -2.30. The highest BCUT2D eigenvalue weighted by Crippen LogP contribution is 2.40. The third-order valence-corrected chi connectivity index (χ3v) is 5.75. The van der Waals surface area contributed by atoms with Crippen LogP contribution in [0.5, 0.6) is 5.75 Å². The number of likely N-dealkylation sites (tertiary alicyclic amines) is 1. The van der Waals surface area contributed by atoms with Crippen LogP contribution in [0.15, 0.2) is 46.4 Å². The fourth-order valence-electron chi connectivity index (χ4n) is 4.14. The first-order chi connectivity index (χ1) is 15.5. The van der Waals surface area contributed by atoms with Crippen molar-refractivity contribution in [1.82, 2.24) is 9.80 Å². The number of ether oxygens (including phenoxy) is 2. The summed E-state index contributed by atoms with van der Waals surface area (Å²) in [5.41, 5.74) is 0.440. The molecule has 0 saturated carbocycles. The number of furan rings is 1. The van der Waals surface area contributed by atoms with Gasteiger partial charge in [0.15, 0.2) is 0 Å². The molecule has 0 aliphatic carbocycles. The normalized spacial score (nSPS) is 21.3. The summed E-state index contributed by atoms with van der Waals surface area (Å²) in [6, 6.07) is 9.59. The molecule has 2 saturated heterocycles. The van der Waals surface area contributed by atoms with Gasteiger partial charge in [-0.3, -0.25) is 14.5 Å². The van der Waals surface area contributed by atoms with Gasteiger partial charge in [0.25, 0.3) is 11.7 Å². The van der Waals surface area contributed by atoms with Crippen LogP contribution in [0.3, 0.4) is 0 Å². The van der Waals surface area contributed by atoms with Crippen molar-refractivity contribution < 1.29 is 28.6 Å². The summed E-state index contributed by atoms with van der Waals surface area (Å²) in [4.78, 5) is 29.8. The number of aliphatic hydroxyl groups excluding tert-OH is 1. The zero-order valence-corrected chi connectivity index (χ0v) is 18.4. The molecule has 4 rings (SSSR count). The number of carbonyl (C=O) groups excluding carboxylic acids is 2. The monoisotopic (exact) mass is 440 g/mol. The minimum absolute atomic E-state index is 0.0278. The summed E-state index contributed by atoms with van der Waals surface area (Å²) >= 11 is 0. The van der Waals surface area contributed by atoms with E-state index < -0.39 is 17.7 Å². The van der Waals surface area contributed by atoms with E-state index in [0.29, 0.717) is 55.7 Å². The summed E-state index contributed by atoms with van der Waals surface area (Å²) in [6.07, 6.45) is 0. The van der Waals surface area contributed by atoms with Crippen LogP contribution in [0.25, 0.3) is 5.76 Å². The van der Waals surface area contributed by atoms with Crippen molar-refractivity contribution in [2.45, 2.75) is 19.9 Å². The molecule has 1 amide bonds. The lowest BCUT2D eigenvalue weighted by molar-refractivity contribution is -0.140. The van der Waals surface area contributed by atoms with Crippen molar-refractivity contribution in [1.29, 1.82) is 0 Å². The first kappa shape index (κ1) is 22.1. The molecule has 32 heavy (non-hydrogen) atoms. The van der Waals surface area contributed by atoms with Gasteiger partial charge in [0.1, 0.15) is 29.1 Å². The summed E-state index contributed by atoms with van der Waals surface area (Å²) in [6.45, 7) is 7.93. The number of benzene rings is 1. The van der Waals surface area contributed by atoms with Crippen LogP contribution in [0.2, 0.25) is 0 Å². The van der Waals surface area contributed by atoms with Crippen LogP contribution < -0.4 is 4.74 Å². The van der Waals surface area contributed by atoms with Crippen molar-refractivity contribution in [3.05, 3.63) is 59.1 Å². The average molecular weight is 440 g/mol. The van der Waals surface area contributed by atoms with E-state index in [4.69, 9.17) is 13.9 Å². The number of hydrogen-bond donors (Lipinski definition) is 1. The summed E-state index contributed by atoms with van der Waals surface area (Å²) in [7, 11) is 0.